The highest BCUT2D eigenvalue weighted by Crippen LogP contribution is 2.20. The highest BCUT2D eigenvalue weighted by Gasteiger charge is 2.32. The molecule has 1 aliphatic rings. The molecule has 64 valence electrons. The van der Waals surface area contributed by atoms with Crippen LogP contribution in [-0.2, 0) is 14.2 Å². The smallest absolute Gasteiger partial charge is 0.226 e. The summed E-state index contributed by atoms with van der Waals surface area (Å²) in [5.74, 6) is -0.608. The van der Waals surface area contributed by atoms with Crippen molar-refractivity contribution in [3.63, 3.8) is 0 Å². The van der Waals surface area contributed by atoms with E-state index in [2.05, 4.69) is 0 Å². The Morgan fingerprint density at radius 3 is 2.36 bits per heavy atom. The van der Waals surface area contributed by atoms with E-state index in [1.807, 2.05) is 13.8 Å². The summed E-state index contributed by atoms with van der Waals surface area (Å²) in [6, 6.07) is 0. The van der Waals surface area contributed by atoms with E-state index in [1.54, 1.807) is 12.3 Å². The van der Waals surface area contributed by atoms with E-state index in [0.717, 1.165) is 0 Å². The van der Waals surface area contributed by atoms with Crippen LogP contribution in [0.25, 0.3) is 0 Å². The van der Waals surface area contributed by atoms with Crippen molar-refractivity contribution in [2.24, 2.45) is 0 Å². The average molecular weight is 158 g/mol. The molecule has 0 amide bonds. The predicted molar refractivity (Wildman–Crippen MR) is 41.1 cm³/mol. The zero-order valence-electron chi connectivity index (χ0n) is 7.00. The van der Waals surface area contributed by atoms with Gasteiger partial charge in [-0.2, -0.15) is 0 Å². The van der Waals surface area contributed by atoms with Crippen molar-refractivity contribution in [2.45, 2.75) is 19.6 Å². The fourth-order valence-corrected chi connectivity index (χ4v) is 1.07. The molecule has 0 fully saturated rings. The van der Waals surface area contributed by atoms with Crippen LogP contribution < -0.4 is 0 Å². The molecule has 0 unspecified atom stereocenters. The van der Waals surface area contributed by atoms with E-state index in [1.165, 1.54) is 0 Å². The minimum atomic E-state index is -0.608. The molecule has 1 aliphatic heterocycles. The zero-order valence-corrected chi connectivity index (χ0v) is 7.00. The van der Waals surface area contributed by atoms with Gasteiger partial charge in [0.15, 0.2) is 0 Å². The molecule has 0 N–H and O–H groups in total. The molecule has 0 aliphatic carbocycles. The second kappa shape index (κ2) is 3.74. The highest BCUT2D eigenvalue weighted by molar-refractivity contribution is 4.98. The maximum Gasteiger partial charge on any atom is 0.226 e. The molecule has 0 saturated heterocycles. The van der Waals surface area contributed by atoms with Crippen LogP contribution in [0, 0.1) is 0 Å². The van der Waals surface area contributed by atoms with Gasteiger partial charge in [-0.15, -0.1) is 0 Å². The van der Waals surface area contributed by atoms with Gasteiger partial charge in [0.05, 0.1) is 6.26 Å². The fraction of sp³-hybridized carbons (Fsp3) is 0.750. The molecule has 0 atom stereocenters. The number of hydrogen-bond donors (Lipinski definition) is 0. The van der Waals surface area contributed by atoms with Crippen LogP contribution in [-0.4, -0.2) is 25.6 Å². The molecule has 0 spiro atoms. The van der Waals surface area contributed by atoms with Crippen molar-refractivity contribution in [3.8, 4) is 0 Å². The molecular formula is C8H14O3. The monoisotopic (exact) mass is 158 g/mol. The summed E-state index contributed by atoms with van der Waals surface area (Å²) in [5.41, 5.74) is 0. The third-order valence-corrected chi connectivity index (χ3v) is 1.48. The minimum absolute atomic E-state index is 0.467. The summed E-state index contributed by atoms with van der Waals surface area (Å²) < 4.78 is 15.8. The molecule has 0 saturated carbocycles. The van der Waals surface area contributed by atoms with Gasteiger partial charge in [0.1, 0.15) is 6.61 Å². The largest absolute Gasteiger partial charge is 0.495 e. The molecule has 0 radical (unpaired) electrons. The van der Waals surface area contributed by atoms with E-state index in [0.29, 0.717) is 19.8 Å². The Balaban J connectivity index is 2.48. The second-order valence-electron chi connectivity index (χ2n) is 2.29. The van der Waals surface area contributed by atoms with Crippen molar-refractivity contribution in [2.75, 3.05) is 19.8 Å². The van der Waals surface area contributed by atoms with Gasteiger partial charge in [-0.3, -0.25) is 0 Å². The van der Waals surface area contributed by atoms with Crippen LogP contribution in [0.5, 0.6) is 0 Å². The Morgan fingerprint density at radius 2 is 2.00 bits per heavy atom. The van der Waals surface area contributed by atoms with Crippen LogP contribution in [0.1, 0.15) is 13.8 Å². The first-order valence-electron chi connectivity index (χ1n) is 3.90. The topological polar surface area (TPSA) is 27.7 Å². The van der Waals surface area contributed by atoms with Gasteiger partial charge in [0.25, 0.3) is 0 Å². The third kappa shape index (κ3) is 1.94. The molecule has 3 heteroatoms. The van der Waals surface area contributed by atoms with E-state index < -0.39 is 5.79 Å². The van der Waals surface area contributed by atoms with Gasteiger partial charge >= 0.3 is 0 Å². The lowest BCUT2D eigenvalue weighted by molar-refractivity contribution is -0.207. The molecular weight excluding hydrogens is 144 g/mol. The molecule has 3 nitrogen and oxygen atoms in total. The zero-order chi connectivity index (χ0) is 8.16. The van der Waals surface area contributed by atoms with Crippen molar-refractivity contribution >= 4 is 0 Å². The van der Waals surface area contributed by atoms with Gasteiger partial charge < -0.3 is 14.2 Å². The van der Waals surface area contributed by atoms with E-state index >= 15 is 0 Å². The number of rotatable bonds is 4. The van der Waals surface area contributed by atoms with Gasteiger partial charge in [-0.05, 0) is 13.8 Å². The maximum absolute atomic E-state index is 5.40. The van der Waals surface area contributed by atoms with Gasteiger partial charge in [-0.25, -0.2) is 0 Å². The lowest BCUT2D eigenvalue weighted by Gasteiger charge is -2.24. The van der Waals surface area contributed by atoms with Crippen molar-refractivity contribution in [1.29, 1.82) is 0 Å². The Labute approximate surface area is 66.9 Å². The maximum atomic E-state index is 5.40. The van der Waals surface area contributed by atoms with Crippen molar-refractivity contribution < 1.29 is 14.2 Å². The molecule has 0 aromatic rings. The molecule has 0 bridgehead atoms. The SMILES string of the molecule is CCOC1(OCC)C=COC1. The normalized spacial score (nSPS) is 20.2. The lowest BCUT2D eigenvalue weighted by atomic mass is 10.3. The summed E-state index contributed by atoms with van der Waals surface area (Å²) in [6.07, 6.45) is 3.42. The minimum Gasteiger partial charge on any atom is -0.495 e. The van der Waals surface area contributed by atoms with E-state index in [-0.39, 0.29) is 0 Å². The molecule has 0 aromatic heterocycles. The molecule has 1 rings (SSSR count). The highest BCUT2D eigenvalue weighted by atomic mass is 16.7. The van der Waals surface area contributed by atoms with Crippen LogP contribution in [0.3, 0.4) is 0 Å². The standard InChI is InChI=1S/C8H14O3/c1-3-10-8(11-4-2)5-6-9-7-8/h5-6H,3-4,7H2,1-2H3. The number of ether oxygens (including phenoxy) is 3. The fourth-order valence-electron chi connectivity index (χ4n) is 1.07. The Hall–Kier alpha value is -0.540. The van der Waals surface area contributed by atoms with Crippen LogP contribution >= 0.6 is 0 Å². The lowest BCUT2D eigenvalue weighted by Crippen LogP contribution is -2.35. The summed E-state index contributed by atoms with van der Waals surface area (Å²) in [5, 5.41) is 0. The average Bonchev–Trinajstić information content (AvgIpc) is 2.39. The van der Waals surface area contributed by atoms with Crippen LogP contribution in [0.4, 0.5) is 0 Å². The first-order chi connectivity index (χ1) is 5.33. The second-order valence-corrected chi connectivity index (χ2v) is 2.29. The Morgan fingerprint density at radius 1 is 1.36 bits per heavy atom. The summed E-state index contributed by atoms with van der Waals surface area (Å²) in [7, 11) is 0. The van der Waals surface area contributed by atoms with E-state index in [9.17, 15) is 0 Å². The Kier molecular flexibility index (Phi) is 2.91. The summed E-state index contributed by atoms with van der Waals surface area (Å²) >= 11 is 0. The quantitative estimate of drug-likeness (QED) is 0.577. The van der Waals surface area contributed by atoms with E-state index in [4.69, 9.17) is 14.2 Å². The molecule has 11 heavy (non-hydrogen) atoms. The first kappa shape index (κ1) is 8.56. The van der Waals surface area contributed by atoms with Crippen LogP contribution in [0.15, 0.2) is 12.3 Å². The number of hydrogen-bond acceptors (Lipinski definition) is 3. The third-order valence-electron chi connectivity index (χ3n) is 1.48. The Bertz CT molecular complexity index is 136. The van der Waals surface area contributed by atoms with Gasteiger partial charge in [-0.1, -0.05) is 0 Å². The van der Waals surface area contributed by atoms with Gasteiger partial charge in [0.2, 0.25) is 5.79 Å². The summed E-state index contributed by atoms with van der Waals surface area (Å²) in [4.78, 5) is 0. The van der Waals surface area contributed by atoms with Gasteiger partial charge in [0, 0.05) is 19.3 Å². The van der Waals surface area contributed by atoms with Crippen molar-refractivity contribution in [1.82, 2.24) is 0 Å². The van der Waals surface area contributed by atoms with Crippen molar-refractivity contribution in [3.05, 3.63) is 12.3 Å². The summed E-state index contributed by atoms with van der Waals surface area (Å²) in [6.45, 7) is 5.61. The predicted octanol–water partition coefficient (Wildman–Crippen LogP) is 1.30. The molecule has 1 heterocycles. The molecule has 0 aromatic carbocycles. The van der Waals surface area contributed by atoms with Crippen LogP contribution in [0.2, 0.25) is 0 Å². The first-order valence-corrected chi connectivity index (χ1v) is 3.90.